The number of rotatable bonds is 4. The minimum absolute atomic E-state index is 0.0184. The van der Waals surface area contributed by atoms with Crippen molar-refractivity contribution < 1.29 is 9.72 Å². The van der Waals surface area contributed by atoms with Gasteiger partial charge in [-0.25, -0.2) is 4.98 Å². The average molecular weight is 286 g/mol. The summed E-state index contributed by atoms with van der Waals surface area (Å²) in [4.78, 5) is 26.8. The van der Waals surface area contributed by atoms with E-state index in [2.05, 4.69) is 15.6 Å². The van der Waals surface area contributed by atoms with E-state index in [4.69, 9.17) is 0 Å². The van der Waals surface area contributed by atoms with Gasteiger partial charge in [0.15, 0.2) is 0 Å². The molecule has 0 unspecified atom stereocenters. The number of amides is 1. The number of pyridine rings is 1. The molecule has 2 N–H and O–H groups in total. The smallest absolute Gasteiger partial charge is 0.282 e. The Bertz CT molecular complexity index is 700. The summed E-state index contributed by atoms with van der Waals surface area (Å²) in [6.07, 6.45) is 0. The quantitative estimate of drug-likeness (QED) is 0.665. The molecule has 7 nitrogen and oxygen atoms in total. The summed E-state index contributed by atoms with van der Waals surface area (Å²) in [6.45, 7) is 1.79. The van der Waals surface area contributed by atoms with Gasteiger partial charge in [-0.05, 0) is 31.2 Å². The Morgan fingerprint density at radius 3 is 2.67 bits per heavy atom. The first-order valence-corrected chi connectivity index (χ1v) is 6.22. The molecule has 108 valence electrons. The highest BCUT2D eigenvalue weighted by molar-refractivity contribution is 6.07. The summed E-state index contributed by atoms with van der Waals surface area (Å²) in [5.41, 5.74) is 1.09. The van der Waals surface area contributed by atoms with Gasteiger partial charge in [0.25, 0.3) is 11.6 Å². The molecule has 0 spiro atoms. The standard InChI is InChI=1S/C14H14N4O3/c1-9-4-3-5-13(16-9)17-14(19)11-8-10(15-2)6-7-12(11)18(20)21/h3-8,15H,1-2H3,(H,16,17,19). The third kappa shape index (κ3) is 3.33. The molecule has 0 fully saturated rings. The van der Waals surface area contributed by atoms with Gasteiger partial charge in [-0.1, -0.05) is 6.07 Å². The molecule has 0 aliphatic rings. The van der Waals surface area contributed by atoms with Crippen LogP contribution < -0.4 is 10.6 Å². The number of nitro groups is 1. The van der Waals surface area contributed by atoms with E-state index in [1.807, 2.05) is 0 Å². The van der Waals surface area contributed by atoms with Gasteiger partial charge in [0.05, 0.1) is 4.92 Å². The van der Waals surface area contributed by atoms with Crippen molar-refractivity contribution in [3.63, 3.8) is 0 Å². The summed E-state index contributed by atoms with van der Waals surface area (Å²) >= 11 is 0. The summed E-state index contributed by atoms with van der Waals surface area (Å²) in [6, 6.07) is 9.43. The van der Waals surface area contributed by atoms with Crippen LogP contribution in [0, 0.1) is 17.0 Å². The van der Waals surface area contributed by atoms with E-state index in [0.29, 0.717) is 11.5 Å². The minimum Gasteiger partial charge on any atom is -0.388 e. The Morgan fingerprint density at radius 2 is 2.05 bits per heavy atom. The van der Waals surface area contributed by atoms with Crippen molar-refractivity contribution in [3.05, 3.63) is 57.8 Å². The van der Waals surface area contributed by atoms with Crippen molar-refractivity contribution in [1.82, 2.24) is 4.98 Å². The van der Waals surface area contributed by atoms with E-state index < -0.39 is 10.8 Å². The van der Waals surface area contributed by atoms with Gasteiger partial charge < -0.3 is 10.6 Å². The van der Waals surface area contributed by atoms with Gasteiger partial charge in [0.2, 0.25) is 0 Å². The molecular weight excluding hydrogens is 272 g/mol. The predicted octanol–water partition coefficient (Wildman–Crippen LogP) is 2.59. The molecule has 0 saturated heterocycles. The summed E-state index contributed by atoms with van der Waals surface area (Å²) in [7, 11) is 1.67. The van der Waals surface area contributed by atoms with Crippen LogP contribution in [0.4, 0.5) is 17.2 Å². The fourth-order valence-corrected chi connectivity index (χ4v) is 1.83. The first-order chi connectivity index (χ1) is 10.0. The number of nitro benzene ring substituents is 1. The lowest BCUT2D eigenvalue weighted by molar-refractivity contribution is -0.385. The molecule has 2 rings (SSSR count). The molecule has 0 bridgehead atoms. The second-order valence-electron chi connectivity index (χ2n) is 4.36. The summed E-state index contributed by atoms with van der Waals surface area (Å²) in [5.74, 6) is -0.221. The Kier molecular flexibility index (Phi) is 4.13. The number of aryl methyl sites for hydroxylation is 1. The SMILES string of the molecule is CNc1ccc([N+](=O)[O-])c(C(=O)Nc2cccc(C)n2)c1. The van der Waals surface area contributed by atoms with Crippen LogP contribution in [0.2, 0.25) is 0 Å². The molecule has 1 aromatic carbocycles. The second-order valence-corrected chi connectivity index (χ2v) is 4.36. The topological polar surface area (TPSA) is 97.2 Å². The number of carbonyl (C=O) groups is 1. The molecule has 0 aliphatic carbocycles. The largest absolute Gasteiger partial charge is 0.388 e. The second kappa shape index (κ2) is 6.00. The molecule has 0 atom stereocenters. The van der Waals surface area contributed by atoms with E-state index in [1.54, 1.807) is 38.2 Å². The number of hydrogen-bond acceptors (Lipinski definition) is 5. The molecule has 1 amide bonds. The molecule has 1 aromatic heterocycles. The molecule has 21 heavy (non-hydrogen) atoms. The Morgan fingerprint density at radius 1 is 1.29 bits per heavy atom. The van der Waals surface area contributed by atoms with Crippen molar-refractivity contribution in [2.75, 3.05) is 17.7 Å². The normalized spacial score (nSPS) is 10.0. The zero-order chi connectivity index (χ0) is 15.4. The maximum Gasteiger partial charge on any atom is 0.282 e. The zero-order valence-corrected chi connectivity index (χ0v) is 11.6. The van der Waals surface area contributed by atoms with E-state index in [-0.39, 0.29) is 11.3 Å². The van der Waals surface area contributed by atoms with Crippen LogP contribution in [-0.2, 0) is 0 Å². The van der Waals surface area contributed by atoms with Crippen LogP contribution in [0.5, 0.6) is 0 Å². The lowest BCUT2D eigenvalue weighted by Gasteiger charge is -2.07. The van der Waals surface area contributed by atoms with Gasteiger partial charge in [-0.2, -0.15) is 0 Å². The first kappa shape index (κ1) is 14.4. The van der Waals surface area contributed by atoms with Crippen LogP contribution >= 0.6 is 0 Å². The van der Waals surface area contributed by atoms with Crippen molar-refractivity contribution in [2.24, 2.45) is 0 Å². The van der Waals surface area contributed by atoms with Crippen molar-refractivity contribution in [2.45, 2.75) is 6.92 Å². The fourth-order valence-electron chi connectivity index (χ4n) is 1.83. The van der Waals surface area contributed by atoms with Gasteiger partial charge in [0, 0.05) is 24.5 Å². The predicted molar refractivity (Wildman–Crippen MR) is 79.6 cm³/mol. The average Bonchev–Trinajstić information content (AvgIpc) is 2.46. The number of carbonyl (C=O) groups excluding carboxylic acids is 1. The number of nitrogens with zero attached hydrogens (tertiary/aromatic N) is 2. The van der Waals surface area contributed by atoms with Gasteiger partial charge >= 0.3 is 0 Å². The van der Waals surface area contributed by atoms with Crippen LogP contribution in [0.25, 0.3) is 0 Å². The third-order valence-corrected chi connectivity index (χ3v) is 2.86. The Labute approximate surface area is 121 Å². The molecular formula is C14H14N4O3. The molecule has 2 aromatic rings. The summed E-state index contributed by atoms with van der Waals surface area (Å²) in [5, 5.41) is 16.4. The van der Waals surface area contributed by atoms with Crippen LogP contribution in [-0.4, -0.2) is 22.9 Å². The van der Waals surface area contributed by atoms with E-state index in [0.717, 1.165) is 5.69 Å². The van der Waals surface area contributed by atoms with Gasteiger partial charge in [0.1, 0.15) is 11.4 Å². The number of anilines is 2. The number of hydrogen-bond donors (Lipinski definition) is 2. The number of benzene rings is 1. The highest BCUT2D eigenvalue weighted by Gasteiger charge is 2.21. The molecule has 0 aliphatic heterocycles. The van der Waals surface area contributed by atoms with Crippen LogP contribution in [0.1, 0.15) is 16.1 Å². The number of nitrogens with one attached hydrogen (secondary N) is 2. The maximum atomic E-state index is 12.2. The first-order valence-electron chi connectivity index (χ1n) is 6.22. The number of aromatic nitrogens is 1. The van der Waals surface area contributed by atoms with E-state index >= 15 is 0 Å². The van der Waals surface area contributed by atoms with Crippen molar-refractivity contribution in [3.8, 4) is 0 Å². The molecule has 0 radical (unpaired) electrons. The lowest BCUT2D eigenvalue weighted by atomic mass is 10.1. The van der Waals surface area contributed by atoms with Crippen molar-refractivity contribution in [1.29, 1.82) is 0 Å². The van der Waals surface area contributed by atoms with E-state index in [9.17, 15) is 14.9 Å². The monoisotopic (exact) mass is 286 g/mol. The Hall–Kier alpha value is -2.96. The Balaban J connectivity index is 2.35. The van der Waals surface area contributed by atoms with Gasteiger partial charge in [-0.3, -0.25) is 14.9 Å². The van der Waals surface area contributed by atoms with Crippen molar-refractivity contribution >= 4 is 23.1 Å². The molecule has 0 saturated carbocycles. The third-order valence-electron chi connectivity index (χ3n) is 2.86. The van der Waals surface area contributed by atoms with Crippen LogP contribution in [0.3, 0.4) is 0 Å². The fraction of sp³-hybridized carbons (Fsp3) is 0.143. The van der Waals surface area contributed by atoms with Crippen LogP contribution in [0.15, 0.2) is 36.4 Å². The summed E-state index contributed by atoms with van der Waals surface area (Å²) < 4.78 is 0. The lowest BCUT2D eigenvalue weighted by Crippen LogP contribution is -2.15. The maximum absolute atomic E-state index is 12.2. The highest BCUT2D eigenvalue weighted by Crippen LogP contribution is 2.23. The molecule has 1 heterocycles. The zero-order valence-electron chi connectivity index (χ0n) is 11.6. The molecule has 7 heteroatoms. The van der Waals surface area contributed by atoms with E-state index in [1.165, 1.54) is 12.1 Å². The highest BCUT2D eigenvalue weighted by atomic mass is 16.6. The minimum atomic E-state index is -0.585. The van der Waals surface area contributed by atoms with Gasteiger partial charge in [-0.15, -0.1) is 0 Å².